The molecule has 0 unspecified atom stereocenters. The normalized spacial score (nSPS) is 13.6. The van der Waals surface area contributed by atoms with Gasteiger partial charge in [0.2, 0.25) is 0 Å². The quantitative estimate of drug-likeness (QED) is 0.625. The Morgan fingerprint density at radius 2 is 1.88 bits per heavy atom. The maximum atomic E-state index is 11.8. The molecule has 0 atom stereocenters. The summed E-state index contributed by atoms with van der Waals surface area (Å²) in [5.74, 6) is 0.644. The first-order valence-electron chi connectivity index (χ1n) is 5.48. The first kappa shape index (κ1) is 11.6. The van der Waals surface area contributed by atoms with Crippen LogP contribution in [-0.4, -0.2) is 25.3 Å². The summed E-state index contributed by atoms with van der Waals surface area (Å²) in [7, 11) is 0. The van der Waals surface area contributed by atoms with Gasteiger partial charge in [0.05, 0.1) is 17.4 Å². The first-order chi connectivity index (χ1) is 8.08. The van der Waals surface area contributed by atoms with E-state index in [4.69, 9.17) is 19.9 Å². The van der Waals surface area contributed by atoms with Crippen LogP contribution in [-0.2, 0) is 4.74 Å². The Morgan fingerprint density at radius 1 is 1.29 bits per heavy atom. The van der Waals surface area contributed by atoms with Crippen LogP contribution in [0.3, 0.4) is 0 Å². The monoisotopic (exact) mass is 237 g/mol. The average Bonchev–Trinajstić information content (AvgIpc) is 2.27. The van der Waals surface area contributed by atoms with Crippen LogP contribution in [0.4, 0.5) is 5.69 Å². The number of hydrogen-bond donors (Lipinski definition) is 1. The molecule has 17 heavy (non-hydrogen) atoms. The van der Waals surface area contributed by atoms with Crippen LogP contribution < -0.4 is 15.2 Å². The van der Waals surface area contributed by atoms with Gasteiger partial charge in [0.1, 0.15) is 13.2 Å². The molecule has 1 aliphatic rings. The van der Waals surface area contributed by atoms with Gasteiger partial charge in [-0.15, -0.1) is 0 Å². The second-order valence-corrected chi connectivity index (χ2v) is 4.04. The molecular formula is C12H15NO4. The maximum Gasteiger partial charge on any atom is 0.340 e. The fourth-order valence-electron chi connectivity index (χ4n) is 1.56. The Bertz CT molecular complexity index is 442. The SMILES string of the molecule is CC(C)OC(=O)c1cc2c(cc1N)OCCO2. The van der Waals surface area contributed by atoms with Gasteiger partial charge in [-0.05, 0) is 13.8 Å². The lowest BCUT2D eigenvalue weighted by atomic mass is 10.1. The van der Waals surface area contributed by atoms with Crippen molar-refractivity contribution in [3.05, 3.63) is 17.7 Å². The molecule has 5 heteroatoms. The zero-order chi connectivity index (χ0) is 12.4. The summed E-state index contributed by atoms with van der Waals surface area (Å²) in [5.41, 5.74) is 6.43. The van der Waals surface area contributed by atoms with E-state index in [2.05, 4.69) is 0 Å². The van der Waals surface area contributed by atoms with Crippen LogP contribution in [0.5, 0.6) is 11.5 Å². The molecule has 2 rings (SSSR count). The zero-order valence-corrected chi connectivity index (χ0v) is 9.86. The fraction of sp³-hybridized carbons (Fsp3) is 0.417. The Hall–Kier alpha value is -1.91. The van der Waals surface area contributed by atoms with Gasteiger partial charge in [0, 0.05) is 12.1 Å². The second-order valence-electron chi connectivity index (χ2n) is 4.04. The number of ether oxygens (including phenoxy) is 3. The molecule has 2 N–H and O–H groups in total. The third kappa shape index (κ3) is 2.43. The molecule has 0 spiro atoms. The summed E-state index contributed by atoms with van der Waals surface area (Å²) in [6, 6.07) is 3.15. The van der Waals surface area contributed by atoms with Gasteiger partial charge < -0.3 is 19.9 Å². The highest BCUT2D eigenvalue weighted by molar-refractivity contribution is 5.96. The lowest BCUT2D eigenvalue weighted by molar-refractivity contribution is 0.0378. The molecule has 1 aromatic carbocycles. The van der Waals surface area contributed by atoms with Gasteiger partial charge in [-0.25, -0.2) is 4.79 Å². The average molecular weight is 237 g/mol. The summed E-state index contributed by atoms with van der Waals surface area (Å²) in [4.78, 5) is 11.8. The van der Waals surface area contributed by atoms with E-state index in [1.54, 1.807) is 26.0 Å². The number of esters is 1. The van der Waals surface area contributed by atoms with Crippen molar-refractivity contribution in [2.24, 2.45) is 0 Å². The highest BCUT2D eigenvalue weighted by Gasteiger charge is 2.19. The minimum absolute atomic E-state index is 0.185. The standard InChI is InChI=1S/C12H15NO4/c1-7(2)17-12(14)8-5-10-11(6-9(8)13)16-4-3-15-10/h5-7H,3-4,13H2,1-2H3. The molecule has 0 radical (unpaired) electrons. The lowest BCUT2D eigenvalue weighted by Gasteiger charge is -2.20. The summed E-state index contributed by atoms with van der Waals surface area (Å²) in [5, 5.41) is 0. The number of fused-ring (bicyclic) bond motifs is 1. The minimum atomic E-state index is -0.450. The molecule has 92 valence electrons. The molecule has 1 aromatic rings. The second kappa shape index (κ2) is 4.53. The van der Waals surface area contributed by atoms with E-state index in [-0.39, 0.29) is 6.10 Å². The summed E-state index contributed by atoms with van der Waals surface area (Å²) in [6.07, 6.45) is -0.185. The molecular weight excluding hydrogens is 222 g/mol. The molecule has 0 bridgehead atoms. The highest BCUT2D eigenvalue weighted by Crippen LogP contribution is 2.34. The van der Waals surface area contributed by atoms with Crippen molar-refractivity contribution >= 4 is 11.7 Å². The van der Waals surface area contributed by atoms with Crippen LogP contribution in [0, 0.1) is 0 Å². The maximum absolute atomic E-state index is 11.8. The predicted octanol–water partition coefficient (Wildman–Crippen LogP) is 1.61. The summed E-state index contributed by atoms with van der Waals surface area (Å²) in [6.45, 7) is 4.52. The molecule has 0 aliphatic carbocycles. The van der Waals surface area contributed by atoms with Crippen molar-refractivity contribution in [3.8, 4) is 11.5 Å². The van der Waals surface area contributed by atoms with E-state index in [0.29, 0.717) is 36.0 Å². The van der Waals surface area contributed by atoms with E-state index in [1.165, 1.54) is 0 Å². The van der Waals surface area contributed by atoms with Crippen LogP contribution >= 0.6 is 0 Å². The van der Waals surface area contributed by atoms with Gasteiger partial charge in [0.15, 0.2) is 11.5 Å². The predicted molar refractivity (Wildman–Crippen MR) is 62.4 cm³/mol. The lowest BCUT2D eigenvalue weighted by Crippen LogP contribution is -2.18. The van der Waals surface area contributed by atoms with Gasteiger partial charge in [-0.1, -0.05) is 0 Å². The third-order valence-electron chi connectivity index (χ3n) is 2.28. The Morgan fingerprint density at radius 3 is 2.47 bits per heavy atom. The number of nitrogens with two attached hydrogens (primary N) is 1. The minimum Gasteiger partial charge on any atom is -0.486 e. The van der Waals surface area contributed by atoms with E-state index in [1.807, 2.05) is 0 Å². The molecule has 0 amide bonds. The largest absolute Gasteiger partial charge is 0.486 e. The Balaban J connectivity index is 2.31. The van der Waals surface area contributed by atoms with Crippen LogP contribution in [0.2, 0.25) is 0 Å². The first-order valence-corrected chi connectivity index (χ1v) is 5.48. The van der Waals surface area contributed by atoms with Gasteiger partial charge in [-0.2, -0.15) is 0 Å². The van der Waals surface area contributed by atoms with Crippen molar-refractivity contribution < 1.29 is 19.0 Å². The topological polar surface area (TPSA) is 70.8 Å². The van der Waals surface area contributed by atoms with Crippen LogP contribution in [0.15, 0.2) is 12.1 Å². The van der Waals surface area contributed by atoms with E-state index in [9.17, 15) is 4.79 Å². The summed E-state index contributed by atoms with van der Waals surface area (Å²) < 4.78 is 15.8. The number of anilines is 1. The Labute approximate surface area is 99.5 Å². The fourth-order valence-corrected chi connectivity index (χ4v) is 1.56. The number of carbonyl (C=O) groups is 1. The van der Waals surface area contributed by atoms with E-state index >= 15 is 0 Å². The highest BCUT2D eigenvalue weighted by atomic mass is 16.6. The molecule has 0 saturated carbocycles. The van der Waals surface area contributed by atoms with Crippen molar-refractivity contribution in [1.82, 2.24) is 0 Å². The van der Waals surface area contributed by atoms with E-state index < -0.39 is 5.97 Å². The number of nitrogen functional groups attached to an aromatic ring is 1. The number of benzene rings is 1. The van der Waals surface area contributed by atoms with Crippen molar-refractivity contribution in [2.45, 2.75) is 20.0 Å². The molecule has 1 aliphatic heterocycles. The summed E-state index contributed by atoms with van der Waals surface area (Å²) >= 11 is 0. The Kier molecular flexibility index (Phi) is 3.08. The van der Waals surface area contributed by atoms with Crippen molar-refractivity contribution in [2.75, 3.05) is 18.9 Å². The van der Waals surface area contributed by atoms with Crippen molar-refractivity contribution in [1.29, 1.82) is 0 Å². The van der Waals surface area contributed by atoms with Crippen LogP contribution in [0.25, 0.3) is 0 Å². The smallest absolute Gasteiger partial charge is 0.340 e. The number of rotatable bonds is 2. The number of carbonyl (C=O) groups excluding carboxylic acids is 1. The number of hydrogen-bond acceptors (Lipinski definition) is 5. The van der Waals surface area contributed by atoms with E-state index in [0.717, 1.165) is 0 Å². The third-order valence-corrected chi connectivity index (χ3v) is 2.28. The molecule has 1 heterocycles. The van der Waals surface area contributed by atoms with Gasteiger partial charge >= 0.3 is 5.97 Å². The molecule has 0 saturated heterocycles. The zero-order valence-electron chi connectivity index (χ0n) is 9.86. The van der Waals surface area contributed by atoms with Gasteiger partial charge in [-0.3, -0.25) is 0 Å². The van der Waals surface area contributed by atoms with Gasteiger partial charge in [0.25, 0.3) is 0 Å². The molecule has 5 nitrogen and oxygen atoms in total. The van der Waals surface area contributed by atoms with Crippen LogP contribution in [0.1, 0.15) is 24.2 Å². The molecule has 0 fully saturated rings. The van der Waals surface area contributed by atoms with Crippen molar-refractivity contribution in [3.63, 3.8) is 0 Å². The molecule has 0 aromatic heterocycles.